The maximum atomic E-state index is 10.7. The minimum absolute atomic E-state index is 0.128. The lowest BCUT2D eigenvalue weighted by Gasteiger charge is -2.34. The molecular weight excluding hydrogens is 312 g/mol. The highest BCUT2D eigenvalue weighted by molar-refractivity contribution is 7.99. The molecule has 126 valence electrons. The van der Waals surface area contributed by atoms with Crippen LogP contribution in [0.3, 0.4) is 0 Å². The molecule has 0 amide bonds. The van der Waals surface area contributed by atoms with Gasteiger partial charge in [-0.05, 0) is 18.4 Å². The van der Waals surface area contributed by atoms with Crippen LogP contribution in [0.2, 0.25) is 0 Å². The number of thioether (sulfide) groups is 1. The summed E-state index contributed by atoms with van der Waals surface area (Å²) in [4.78, 5) is 0. The number of benzene rings is 1. The van der Waals surface area contributed by atoms with E-state index in [1.807, 2.05) is 18.2 Å². The molecule has 2 aliphatic heterocycles. The van der Waals surface area contributed by atoms with Crippen LogP contribution in [-0.2, 0) is 20.0 Å². The highest BCUT2D eigenvalue weighted by Crippen LogP contribution is 2.44. The molecule has 1 N–H and O–H groups in total. The fourth-order valence-corrected chi connectivity index (χ4v) is 4.86. The van der Waals surface area contributed by atoms with E-state index in [0.29, 0.717) is 6.61 Å². The van der Waals surface area contributed by atoms with Crippen LogP contribution < -0.4 is 0 Å². The zero-order valence-electron chi connectivity index (χ0n) is 13.2. The topological polar surface area (TPSA) is 47.9 Å². The van der Waals surface area contributed by atoms with Gasteiger partial charge in [-0.3, -0.25) is 0 Å². The Balaban J connectivity index is 1.38. The highest BCUT2D eigenvalue weighted by atomic mass is 32.2. The predicted molar refractivity (Wildman–Crippen MR) is 89.0 cm³/mol. The van der Waals surface area contributed by atoms with Gasteiger partial charge < -0.3 is 19.3 Å². The van der Waals surface area contributed by atoms with Crippen molar-refractivity contribution in [3.8, 4) is 0 Å². The van der Waals surface area contributed by atoms with E-state index in [-0.39, 0.29) is 17.6 Å². The third-order valence-corrected chi connectivity index (χ3v) is 6.24. The number of aliphatic hydroxyl groups is 1. The lowest BCUT2D eigenvalue weighted by Crippen LogP contribution is -2.50. The van der Waals surface area contributed by atoms with E-state index in [4.69, 9.17) is 14.2 Å². The third kappa shape index (κ3) is 3.30. The largest absolute Gasteiger partial charge is 0.387 e. The van der Waals surface area contributed by atoms with E-state index >= 15 is 0 Å². The van der Waals surface area contributed by atoms with Crippen molar-refractivity contribution >= 4 is 11.8 Å². The summed E-state index contributed by atoms with van der Waals surface area (Å²) in [6.45, 7) is 0.510. The van der Waals surface area contributed by atoms with Crippen molar-refractivity contribution in [3.05, 3.63) is 35.9 Å². The summed E-state index contributed by atoms with van der Waals surface area (Å²) in [5, 5.41) is 10.7. The van der Waals surface area contributed by atoms with Crippen LogP contribution in [0.25, 0.3) is 0 Å². The van der Waals surface area contributed by atoms with Crippen LogP contribution in [0, 0.1) is 0 Å². The first kappa shape index (κ1) is 15.9. The quantitative estimate of drug-likeness (QED) is 0.919. The molecule has 1 saturated carbocycles. The second-order valence-electron chi connectivity index (χ2n) is 6.70. The first-order valence-corrected chi connectivity index (χ1v) is 9.61. The van der Waals surface area contributed by atoms with Crippen molar-refractivity contribution in [1.29, 1.82) is 0 Å². The van der Waals surface area contributed by atoms with Gasteiger partial charge >= 0.3 is 0 Å². The number of aliphatic hydroxyl groups excluding tert-OH is 1. The van der Waals surface area contributed by atoms with Crippen LogP contribution in [-0.4, -0.2) is 41.2 Å². The molecule has 5 heteroatoms. The maximum absolute atomic E-state index is 10.7. The van der Waals surface area contributed by atoms with E-state index in [2.05, 4.69) is 12.1 Å². The van der Waals surface area contributed by atoms with Gasteiger partial charge in [-0.15, -0.1) is 11.8 Å². The molecule has 1 aromatic rings. The fraction of sp³-hybridized carbons (Fsp3) is 0.667. The maximum Gasteiger partial charge on any atom is 0.169 e. The molecule has 2 heterocycles. The van der Waals surface area contributed by atoms with Gasteiger partial charge in [0.15, 0.2) is 5.79 Å². The normalized spacial score (nSPS) is 36.0. The van der Waals surface area contributed by atoms with E-state index in [1.165, 1.54) is 12.0 Å². The Morgan fingerprint density at radius 1 is 1.09 bits per heavy atom. The Morgan fingerprint density at radius 3 is 2.65 bits per heavy atom. The Labute approximate surface area is 141 Å². The number of ether oxygens (including phenoxy) is 3. The highest BCUT2D eigenvalue weighted by Gasteiger charge is 2.54. The number of fused-ring (bicyclic) bond motifs is 1. The zero-order valence-corrected chi connectivity index (χ0v) is 14.0. The summed E-state index contributed by atoms with van der Waals surface area (Å²) in [5.41, 5.74) is 0.988. The van der Waals surface area contributed by atoms with E-state index in [1.54, 1.807) is 11.8 Å². The van der Waals surface area contributed by atoms with Crippen molar-refractivity contribution < 1.29 is 19.3 Å². The summed E-state index contributed by atoms with van der Waals surface area (Å²) >= 11 is 1.63. The minimum Gasteiger partial charge on any atom is -0.387 e. The Bertz CT molecular complexity index is 517. The Kier molecular flexibility index (Phi) is 4.65. The standard InChI is InChI=1S/C18H24O4S/c19-15-16-14(21-18(22-16)9-5-2-6-10-18)11-20-17(15)23-12-13-7-3-1-4-8-13/h1,3-4,7-8,14-17,19H,2,5-6,9-12H2/t14-,15+,16+,17-/m1/s1. The van der Waals surface area contributed by atoms with E-state index < -0.39 is 11.9 Å². The first-order valence-electron chi connectivity index (χ1n) is 8.57. The molecule has 0 bridgehead atoms. The molecule has 2 saturated heterocycles. The molecule has 1 aliphatic carbocycles. The van der Waals surface area contributed by atoms with Crippen LogP contribution in [0.4, 0.5) is 0 Å². The second kappa shape index (κ2) is 6.73. The molecule has 0 aromatic heterocycles. The van der Waals surface area contributed by atoms with Gasteiger partial charge in [-0.2, -0.15) is 0 Å². The van der Waals surface area contributed by atoms with Crippen molar-refractivity contribution in [2.45, 2.75) is 67.4 Å². The predicted octanol–water partition coefficient (Wildman–Crippen LogP) is 3.08. The molecule has 0 radical (unpaired) electrons. The number of rotatable bonds is 3. The lowest BCUT2D eigenvalue weighted by atomic mass is 9.94. The van der Waals surface area contributed by atoms with Crippen molar-refractivity contribution in [2.24, 2.45) is 0 Å². The molecule has 4 nitrogen and oxygen atoms in total. The zero-order chi connectivity index (χ0) is 15.7. The summed E-state index contributed by atoms with van der Waals surface area (Å²) in [5.74, 6) is 0.364. The first-order chi connectivity index (χ1) is 11.3. The third-order valence-electron chi connectivity index (χ3n) is 5.00. The van der Waals surface area contributed by atoms with Gasteiger partial charge in [0, 0.05) is 18.6 Å². The molecule has 23 heavy (non-hydrogen) atoms. The van der Waals surface area contributed by atoms with Gasteiger partial charge in [0.1, 0.15) is 23.7 Å². The smallest absolute Gasteiger partial charge is 0.169 e. The van der Waals surface area contributed by atoms with Crippen LogP contribution in [0.1, 0.15) is 37.7 Å². The number of hydrogen-bond acceptors (Lipinski definition) is 5. The summed E-state index contributed by atoms with van der Waals surface area (Å²) in [6, 6.07) is 10.3. The Hall–Kier alpha value is -0.590. The molecule has 1 spiro atoms. The van der Waals surface area contributed by atoms with Gasteiger partial charge in [0.25, 0.3) is 0 Å². The van der Waals surface area contributed by atoms with Crippen molar-refractivity contribution in [2.75, 3.05) is 6.61 Å². The molecule has 3 fully saturated rings. The van der Waals surface area contributed by atoms with Gasteiger partial charge in [0.05, 0.1) is 6.61 Å². The molecular formula is C18H24O4S. The van der Waals surface area contributed by atoms with Crippen LogP contribution in [0.15, 0.2) is 30.3 Å². The fourth-order valence-electron chi connectivity index (χ4n) is 3.78. The van der Waals surface area contributed by atoms with Gasteiger partial charge in [-0.1, -0.05) is 36.8 Å². The summed E-state index contributed by atoms with van der Waals surface area (Å²) in [6.07, 6.45) is 4.39. The Morgan fingerprint density at radius 2 is 1.87 bits per heavy atom. The van der Waals surface area contributed by atoms with E-state index in [0.717, 1.165) is 31.4 Å². The lowest BCUT2D eigenvalue weighted by molar-refractivity contribution is -0.198. The van der Waals surface area contributed by atoms with Gasteiger partial charge in [0.2, 0.25) is 0 Å². The molecule has 3 aliphatic rings. The van der Waals surface area contributed by atoms with Crippen molar-refractivity contribution in [1.82, 2.24) is 0 Å². The molecule has 4 rings (SSSR count). The second-order valence-corrected chi connectivity index (χ2v) is 7.79. The van der Waals surface area contributed by atoms with Gasteiger partial charge in [-0.25, -0.2) is 0 Å². The minimum atomic E-state index is -0.635. The summed E-state index contributed by atoms with van der Waals surface area (Å²) in [7, 11) is 0. The molecule has 4 atom stereocenters. The monoisotopic (exact) mass is 336 g/mol. The molecule has 0 unspecified atom stereocenters. The molecule has 1 aromatic carbocycles. The van der Waals surface area contributed by atoms with Crippen LogP contribution in [0.5, 0.6) is 0 Å². The summed E-state index contributed by atoms with van der Waals surface area (Å²) < 4.78 is 18.2. The van der Waals surface area contributed by atoms with E-state index in [9.17, 15) is 5.11 Å². The SMILES string of the molecule is O[C@H]1[C@H]2OC3(CCCCC3)O[C@@H]2CO[C@@H]1SCc1ccccc1. The average Bonchev–Trinajstić information content (AvgIpc) is 2.94. The average molecular weight is 336 g/mol. The number of hydrogen-bond donors (Lipinski definition) is 1. The van der Waals surface area contributed by atoms with Crippen LogP contribution >= 0.6 is 11.8 Å². The van der Waals surface area contributed by atoms with Crippen molar-refractivity contribution in [3.63, 3.8) is 0 Å².